The molecule has 0 saturated heterocycles. The van der Waals surface area contributed by atoms with Crippen molar-refractivity contribution in [1.82, 2.24) is 10.6 Å². The Kier molecular flexibility index (Phi) is 11.8. The molecule has 9 heteroatoms. The molecule has 0 bridgehead atoms. The zero-order valence-corrected chi connectivity index (χ0v) is 21.2. The largest absolute Gasteiger partial charge is 0.464 e. The molecule has 1 aromatic rings. The van der Waals surface area contributed by atoms with Crippen molar-refractivity contribution in [3.63, 3.8) is 0 Å². The molecule has 0 radical (unpaired) electrons. The molecule has 0 saturated carbocycles. The molecule has 1 rings (SSSR count). The molecule has 2 amide bonds. The number of nitrogens with one attached hydrogen (secondary N) is 2. The van der Waals surface area contributed by atoms with E-state index in [1.165, 1.54) is 18.7 Å². The van der Waals surface area contributed by atoms with E-state index in [0.717, 1.165) is 17.3 Å². The van der Waals surface area contributed by atoms with Crippen LogP contribution in [-0.4, -0.2) is 52.1 Å². The van der Waals surface area contributed by atoms with Crippen LogP contribution >= 0.6 is 23.5 Å². The van der Waals surface area contributed by atoms with Gasteiger partial charge >= 0.3 is 5.97 Å². The molecule has 178 valence electrons. The Morgan fingerprint density at radius 2 is 1.72 bits per heavy atom. The summed E-state index contributed by atoms with van der Waals surface area (Å²) in [5.74, 6) is -0.491. The van der Waals surface area contributed by atoms with Gasteiger partial charge in [-0.3, -0.25) is 14.4 Å². The maximum Gasteiger partial charge on any atom is 0.329 e. The number of carbonyl (C=O) groups excluding carboxylic acids is 4. The summed E-state index contributed by atoms with van der Waals surface area (Å²) in [7, 11) is 0. The molecule has 0 aliphatic rings. The third kappa shape index (κ3) is 9.65. The second kappa shape index (κ2) is 13.5. The van der Waals surface area contributed by atoms with Gasteiger partial charge in [-0.05, 0) is 32.3 Å². The van der Waals surface area contributed by atoms with Crippen molar-refractivity contribution in [2.45, 2.75) is 64.1 Å². The summed E-state index contributed by atoms with van der Waals surface area (Å²) in [6.07, 6.45) is 0. The van der Waals surface area contributed by atoms with E-state index in [-0.39, 0.29) is 17.6 Å². The molecule has 1 aromatic carbocycles. The number of hydrogen-bond acceptors (Lipinski definition) is 7. The predicted octanol–water partition coefficient (Wildman–Crippen LogP) is 3.17. The first-order valence-electron chi connectivity index (χ1n) is 10.6. The monoisotopic (exact) mass is 482 g/mol. The molecular formula is C23H34N2O5S2. The minimum atomic E-state index is -1.28. The SMILES string of the molecule is CCOC(=O)[C@H](CSCc1ccccc1)NC(=O)C(C)(C)NC(=O)[C@@H](SC(C)=O)C(C)C. The molecule has 0 aromatic heterocycles. The molecule has 2 atom stereocenters. The minimum absolute atomic E-state index is 0.0931. The van der Waals surface area contributed by atoms with E-state index in [9.17, 15) is 19.2 Å². The Morgan fingerprint density at radius 3 is 2.25 bits per heavy atom. The predicted molar refractivity (Wildman–Crippen MR) is 130 cm³/mol. The van der Waals surface area contributed by atoms with E-state index >= 15 is 0 Å². The topological polar surface area (TPSA) is 102 Å². The van der Waals surface area contributed by atoms with Gasteiger partial charge in [-0.1, -0.05) is 55.9 Å². The van der Waals surface area contributed by atoms with Gasteiger partial charge in [-0.2, -0.15) is 11.8 Å². The number of ether oxygens (including phenoxy) is 1. The van der Waals surface area contributed by atoms with E-state index in [2.05, 4.69) is 10.6 Å². The van der Waals surface area contributed by atoms with E-state index in [4.69, 9.17) is 4.74 Å². The van der Waals surface area contributed by atoms with Crippen LogP contribution in [0.2, 0.25) is 0 Å². The van der Waals surface area contributed by atoms with Crippen molar-refractivity contribution < 1.29 is 23.9 Å². The molecular weight excluding hydrogens is 448 g/mol. The summed E-state index contributed by atoms with van der Waals surface area (Å²) in [5.41, 5.74) is -0.169. The average molecular weight is 483 g/mol. The fourth-order valence-corrected chi connectivity index (χ4v) is 4.52. The standard InChI is InChI=1S/C23H34N2O5S2/c1-7-30-21(28)18(14-31-13-17-11-9-8-10-12-17)24-22(29)23(5,6)25-20(27)19(15(2)3)32-16(4)26/h8-12,15,18-19H,7,13-14H2,1-6H3,(H,24,29)(H,25,27)/t18-,19-/m0/s1. The fourth-order valence-electron chi connectivity index (χ4n) is 2.73. The van der Waals surface area contributed by atoms with Crippen molar-refractivity contribution >= 4 is 46.4 Å². The van der Waals surface area contributed by atoms with Gasteiger partial charge < -0.3 is 15.4 Å². The fraction of sp³-hybridized carbons (Fsp3) is 0.565. The maximum absolute atomic E-state index is 13.0. The Balaban J connectivity index is 2.81. The molecule has 2 N–H and O–H groups in total. The van der Waals surface area contributed by atoms with Crippen LogP contribution in [0.5, 0.6) is 0 Å². The number of thioether (sulfide) groups is 2. The normalized spacial score (nSPS) is 13.2. The molecule has 0 aliphatic heterocycles. The second-order valence-electron chi connectivity index (χ2n) is 8.17. The van der Waals surface area contributed by atoms with Crippen LogP contribution in [0.15, 0.2) is 30.3 Å². The van der Waals surface area contributed by atoms with Gasteiger partial charge in [0, 0.05) is 18.4 Å². The van der Waals surface area contributed by atoms with E-state index in [0.29, 0.717) is 11.5 Å². The van der Waals surface area contributed by atoms with Crippen molar-refractivity contribution in [3.8, 4) is 0 Å². The second-order valence-corrected chi connectivity index (χ2v) is 10.5. The third-order valence-corrected chi connectivity index (χ3v) is 6.88. The van der Waals surface area contributed by atoms with Gasteiger partial charge in [0.25, 0.3) is 0 Å². The minimum Gasteiger partial charge on any atom is -0.464 e. The quantitative estimate of drug-likeness (QED) is 0.441. The highest BCUT2D eigenvalue weighted by Crippen LogP contribution is 2.21. The molecule has 0 aliphatic carbocycles. The van der Waals surface area contributed by atoms with Gasteiger partial charge in [0.2, 0.25) is 11.8 Å². The number of benzene rings is 1. The van der Waals surface area contributed by atoms with Gasteiger partial charge in [-0.25, -0.2) is 4.79 Å². The summed E-state index contributed by atoms with van der Waals surface area (Å²) >= 11 is 2.45. The third-order valence-electron chi connectivity index (χ3n) is 4.43. The van der Waals surface area contributed by atoms with Crippen molar-refractivity contribution in [2.75, 3.05) is 12.4 Å². The first-order valence-corrected chi connectivity index (χ1v) is 12.6. The molecule has 7 nitrogen and oxygen atoms in total. The van der Waals surface area contributed by atoms with Crippen LogP contribution in [0.1, 0.15) is 47.1 Å². The summed E-state index contributed by atoms with van der Waals surface area (Å²) in [6.45, 7) is 10.1. The summed E-state index contributed by atoms with van der Waals surface area (Å²) in [6, 6.07) is 8.97. The van der Waals surface area contributed by atoms with Gasteiger partial charge in [0.05, 0.1) is 11.9 Å². The summed E-state index contributed by atoms with van der Waals surface area (Å²) in [5, 5.41) is 4.66. The summed E-state index contributed by atoms with van der Waals surface area (Å²) in [4.78, 5) is 49.6. The molecule has 0 unspecified atom stereocenters. The Labute approximate surface area is 199 Å². The van der Waals surface area contributed by atoms with Crippen LogP contribution in [0.25, 0.3) is 0 Å². The number of hydrogen-bond donors (Lipinski definition) is 2. The number of rotatable bonds is 12. The maximum atomic E-state index is 13.0. The average Bonchev–Trinajstić information content (AvgIpc) is 2.71. The summed E-state index contributed by atoms with van der Waals surface area (Å²) < 4.78 is 5.12. The van der Waals surface area contributed by atoms with E-state index in [1.54, 1.807) is 20.8 Å². The Bertz CT molecular complexity index is 784. The Morgan fingerprint density at radius 1 is 1.09 bits per heavy atom. The zero-order valence-electron chi connectivity index (χ0n) is 19.6. The highest BCUT2D eigenvalue weighted by atomic mass is 32.2. The van der Waals surface area contributed by atoms with E-state index < -0.39 is 34.6 Å². The van der Waals surface area contributed by atoms with Crippen LogP contribution in [0.3, 0.4) is 0 Å². The van der Waals surface area contributed by atoms with Gasteiger partial charge in [0.1, 0.15) is 11.6 Å². The van der Waals surface area contributed by atoms with Gasteiger partial charge in [-0.15, -0.1) is 0 Å². The lowest BCUT2D eigenvalue weighted by molar-refractivity contribution is -0.147. The Hall–Kier alpha value is -2.00. The van der Waals surface area contributed by atoms with Crippen molar-refractivity contribution in [2.24, 2.45) is 5.92 Å². The lowest BCUT2D eigenvalue weighted by Gasteiger charge is -2.30. The van der Waals surface area contributed by atoms with Crippen LogP contribution in [0, 0.1) is 5.92 Å². The van der Waals surface area contributed by atoms with Crippen molar-refractivity contribution in [3.05, 3.63) is 35.9 Å². The number of amides is 2. The number of carbonyl (C=O) groups is 4. The molecule has 0 fully saturated rings. The molecule has 0 heterocycles. The first kappa shape index (κ1) is 28.0. The molecule has 32 heavy (non-hydrogen) atoms. The molecule has 0 spiro atoms. The smallest absolute Gasteiger partial charge is 0.329 e. The van der Waals surface area contributed by atoms with E-state index in [1.807, 2.05) is 44.2 Å². The lowest BCUT2D eigenvalue weighted by Crippen LogP contribution is -2.60. The van der Waals surface area contributed by atoms with Crippen LogP contribution in [0.4, 0.5) is 0 Å². The lowest BCUT2D eigenvalue weighted by atomic mass is 10.0. The highest BCUT2D eigenvalue weighted by molar-refractivity contribution is 8.14. The zero-order chi connectivity index (χ0) is 24.3. The van der Waals surface area contributed by atoms with Crippen LogP contribution in [-0.2, 0) is 29.7 Å². The number of esters is 1. The highest BCUT2D eigenvalue weighted by Gasteiger charge is 2.36. The van der Waals surface area contributed by atoms with Crippen molar-refractivity contribution in [1.29, 1.82) is 0 Å². The van der Waals surface area contributed by atoms with Gasteiger partial charge in [0.15, 0.2) is 5.12 Å². The first-order chi connectivity index (χ1) is 15.0. The van der Waals surface area contributed by atoms with Crippen LogP contribution < -0.4 is 10.6 Å².